The third-order valence-corrected chi connectivity index (χ3v) is 4.05. The molecule has 8 heteroatoms. The molecule has 0 aliphatic heterocycles. The molecule has 1 unspecified atom stereocenters. The molecule has 0 aromatic heterocycles. The molecule has 0 radical (unpaired) electrons. The van der Waals surface area contributed by atoms with Crippen molar-refractivity contribution in [1.82, 2.24) is 0 Å². The van der Waals surface area contributed by atoms with Crippen molar-refractivity contribution in [1.29, 1.82) is 0 Å². The summed E-state index contributed by atoms with van der Waals surface area (Å²) in [4.78, 5) is 12.1. The van der Waals surface area contributed by atoms with Crippen molar-refractivity contribution in [3.05, 3.63) is 53.6 Å². The Labute approximate surface area is 161 Å². The maximum Gasteiger partial charge on any atom is 0.573 e. The Bertz CT molecular complexity index is 808. The van der Waals surface area contributed by atoms with Crippen molar-refractivity contribution >= 4 is 11.8 Å². The van der Waals surface area contributed by atoms with Crippen LogP contribution in [0.15, 0.2) is 42.5 Å². The number of hydrogen-bond donors (Lipinski definition) is 1. The van der Waals surface area contributed by atoms with Crippen LogP contribution in [0.4, 0.5) is 23.7 Å². The van der Waals surface area contributed by atoms with E-state index in [1.807, 2.05) is 32.9 Å². The van der Waals surface area contributed by atoms with Crippen LogP contribution in [0, 0.1) is 13.8 Å². The van der Waals surface area contributed by atoms with Gasteiger partial charge in [0.05, 0.1) is 0 Å². The van der Waals surface area contributed by atoms with Crippen molar-refractivity contribution in [2.45, 2.75) is 39.7 Å². The number of benzene rings is 2. The average molecular weight is 397 g/mol. The number of alkyl halides is 3. The van der Waals surface area contributed by atoms with Gasteiger partial charge in [0.2, 0.25) is 0 Å². The fraction of sp³-hybridized carbons (Fsp3) is 0.350. The molecule has 152 valence electrons. The summed E-state index contributed by atoms with van der Waals surface area (Å²) in [5.41, 5.74) is 2.62. The zero-order valence-corrected chi connectivity index (χ0v) is 15.8. The summed E-state index contributed by atoms with van der Waals surface area (Å²) in [6, 6.07) is 10.7. The standard InChI is InChI=1S/C20H22F3NO4/c1-4-15(27-19(25)24-18-10-5-7-13(2)14(18)3)12-26-16-8-6-9-17(11-16)28-20(21,22)23/h5-11,15H,4,12H2,1-3H3,(H,24,25). The molecule has 5 nitrogen and oxygen atoms in total. The van der Waals surface area contributed by atoms with Crippen LogP contribution >= 0.6 is 0 Å². The second kappa shape index (κ2) is 9.34. The summed E-state index contributed by atoms with van der Waals surface area (Å²) in [5, 5.41) is 2.69. The molecule has 0 saturated carbocycles. The van der Waals surface area contributed by atoms with Crippen molar-refractivity contribution in [3.63, 3.8) is 0 Å². The third-order valence-electron chi connectivity index (χ3n) is 4.05. The predicted octanol–water partition coefficient (Wildman–Crippen LogP) is 5.61. The summed E-state index contributed by atoms with van der Waals surface area (Å²) < 4.78 is 51.5. The molecule has 28 heavy (non-hydrogen) atoms. The van der Waals surface area contributed by atoms with Gasteiger partial charge >= 0.3 is 12.5 Å². The number of ether oxygens (including phenoxy) is 3. The van der Waals surface area contributed by atoms with Gasteiger partial charge in [0.15, 0.2) is 0 Å². The van der Waals surface area contributed by atoms with Crippen molar-refractivity contribution in [2.75, 3.05) is 11.9 Å². The number of rotatable bonds is 7. The zero-order valence-electron chi connectivity index (χ0n) is 15.8. The topological polar surface area (TPSA) is 56.8 Å². The number of nitrogens with one attached hydrogen (secondary N) is 1. The molecule has 0 aliphatic carbocycles. The van der Waals surface area contributed by atoms with Gasteiger partial charge in [-0.3, -0.25) is 5.32 Å². The molecule has 1 N–H and O–H groups in total. The van der Waals surface area contributed by atoms with E-state index in [-0.39, 0.29) is 18.1 Å². The monoisotopic (exact) mass is 397 g/mol. The lowest BCUT2D eigenvalue weighted by Crippen LogP contribution is -2.27. The summed E-state index contributed by atoms with van der Waals surface area (Å²) >= 11 is 0. The van der Waals surface area contributed by atoms with Gasteiger partial charge in [-0.05, 0) is 49.6 Å². The van der Waals surface area contributed by atoms with Crippen LogP contribution < -0.4 is 14.8 Å². The molecule has 2 rings (SSSR count). The van der Waals surface area contributed by atoms with E-state index in [2.05, 4.69) is 10.1 Å². The molecule has 2 aromatic rings. The van der Waals surface area contributed by atoms with Gasteiger partial charge in [0.25, 0.3) is 0 Å². The largest absolute Gasteiger partial charge is 0.573 e. The Morgan fingerprint density at radius 2 is 1.79 bits per heavy atom. The second-order valence-electron chi connectivity index (χ2n) is 6.14. The zero-order chi connectivity index (χ0) is 20.7. The number of carbonyl (C=O) groups excluding carboxylic acids is 1. The second-order valence-corrected chi connectivity index (χ2v) is 6.14. The van der Waals surface area contributed by atoms with E-state index in [1.54, 1.807) is 6.07 Å². The molecule has 0 fully saturated rings. The van der Waals surface area contributed by atoms with Gasteiger partial charge in [0, 0.05) is 11.8 Å². The Balaban J connectivity index is 1.91. The van der Waals surface area contributed by atoms with Crippen LogP contribution in [0.5, 0.6) is 11.5 Å². The number of carbonyl (C=O) groups is 1. The average Bonchev–Trinajstić information content (AvgIpc) is 2.61. The molecule has 0 aliphatic rings. The Hall–Kier alpha value is -2.90. The molecule has 1 amide bonds. The van der Waals surface area contributed by atoms with Crippen LogP contribution in [-0.4, -0.2) is 25.2 Å². The smallest absolute Gasteiger partial charge is 0.490 e. The van der Waals surface area contributed by atoms with Crippen molar-refractivity contribution in [2.24, 2.45) is 0 Å². The maximum absolute atomic E-state index is 12.3. The number of amides is 1. The lowest BCUT2D eigenvalue weighted by atomic mass is 10.1. The highest BCUT2D eigenvalue weighted by atomic mass is 19.4. The van der Waals surface area contributed by atoms with E-state index < -0.39 is 18.6 Å². The lowest BCUT2D eigenvalue weighted by Gasteiger charge is -2.18. The summed E-state index contributed by atoms with van der Waals surface area (Å²) in [6.45, 7) is 5.63. The highest BCUT2D eigenvalue weighted by molar-refractivity contribution is 5.86. The van der Waals surface area contributed by atoms with Crippen LogP contribution in [0.3, 0.4) is 0 Å². The normalized spacial score (nSPS) is 12.2. The van der Waals surface area contributed by atoms with Gasteiger partial charge < -0.3 is 14.2 Å². The van der Waals surface area contributed by atoms with Gasteiger partial charge in [-0.2, -0.15) is 0 Å². The van der Waals surface area contributed by atoms with Crippen molar-refractivity contribution in [3.8, 4) is 11.5 Å². The maximum atomic E-state index is 12.3. The highest BCUT2D eigenvalue weighted by Crippen LogP contribution is 2.26. The first-order chi connectivity index (χ1) is 13.2. The van der Waals surface area contributed by atoms with E-state index in [0.717, 1.165) is 17.2 Å². The molecule has 0 bridgehead atoms. The number of aryl methyl sites for hydroxylation is 1. The minimum atomic E-state index is -4.78. The Morgan fingerprint density at radius 1 is 1.11 bits per heavy atom. The van der Waals surface area contributed by atoms with Crippen LogP contribution in [-0.2, 0) is 4.74 Å². The molecule has 0 saturated heterocycles. The number of hydrogen-bond acceptors (Lipinski definition) is 4. The number of anilines is 1. The van der Waals surface area contributed by atoms with E-state index >= 15 is 0 Å². The van der Waals surface area contributed by atoms with E-state index in [1.165, 1.54) is 18.2 Å². The summed E-state index contributed by atoms with van der Waals surface area (Å²) in [7, 11) is 0. The van der Waals surface area contributed by atoms with Gasteiger partial charge in [-0.15, -0.1) is 13.2 Å². The minimum absolute atomic E-state index is 0.00775. The Kier molecular flexibility index (Phi) is 7.14. The molecular weight excluding hydrogens is 375 g/mol. The van der Waals surface area contributed by atoms with Gasteiger partial charge in [-0.1, -0.05) is 25.1 Å². The van der Waals surface area contributed by atoms with Crippen LogP contribution in [0.25, 0.3) is 0 Å². The SMILES string of the molecule is CCC(COc1cccc(OC(F)(F)F)c1)OC(=O)Nc1cccc(C)c1C. The summed E-state index contributed by atoms with van der Waals surface area (Å²) in [6.07, 6.45) is -5.51. The first-order valence-corrected chi connectivity index (χ1v) is 8.70. The summed E-state index contributed by atoms with van der Waals surface area (Å²) in [5.74, 6) is -0.203. The first kappa shape index (κ1) is 21.4. The Morgan fingerprint density at radius 3 is 2.46 bits per heavy atom. The molecule has 0 heterocycles. The quantitative estimate of drug-likeness (QED) is 0.660. The van der Waals surface area contributed by atoms with Crippen LogP contribution in [0.1, 0.15) is 24.5 Å². The molecule has 2 aromatic carbocycles. The van der Waals surface area contributed by atoms with E-state index in [4.69, 9.17) is 9.47 Å². The molecule has 1 atom stereocenters. The molecule has 0 spiro atoms. The van der Waals surface area contributed by atoms with Crippen molar-refractivity contribution < 1.29 is 32.2 Å². The van der Waals surface area contributed by atoms with Gasteiger partial charge in [-0.25, -0.2) is 4.79 Å². The lowest BCUT2D eigenvalue weighted by molar-refractivity contribution is -0.274. The fourth-order valence-electron chi connectivity index (χ4n) is 2.36. The minimum Gasteiger partial charge on any atom is -0.490 e. The molecular formula is C20H22F3NO4. The first-order valence-electron chi connectivity index (χ1n) is 8.70. The van der Waals surface area contributed by atoms with E-state index in [0.29, 0.717) is 12.1 Å². The third kappa shape index (κ3) is 6.68. The predicted molar refractivity (Wildman–Crippen MR) is 98.7 cm³/mol. The number of halogens is 3. The fourth-order valence-corrected chi connectivity index (χ4v) is 2.36. The van der Waals surface area contributed by atoms with Gasteiger partial charge in [0.1, 0.15) is 24.2 Å². The van der Waals surface area contributed by atoms with Crippen LogP contribution in [0.2, 0.25) is 0 Å². The van der Waals surface area contributed by atoms with E-state index in [9.17, 15) is 18.0 Å². The highest BCUT2D eigenvalue weighted by Gasteiger charge is 2.31.